The van der Waals surface area contributed by atoms with Crippen LogP contribution in [0.25, 0.3) is 0 Å². The van der Waals surface area contributed by atoms with Crippen molar-refractivity contribution in [2.24, 2.45) is 5.92 Å². The minimum atomic E-state index is -3.83. The summed E-state index contributed by atoms with van der Waals surface area (Å²) in [6, 6.07) is 0. The van der Waals surface area contributed by atoms with E-state index in [1.807, 2.05) is 0 Å². The quantitative estimate of drug-likeness (QED) is 0.577. The topological polar surface area (TPSA) is 121 Å². The fourth-order valence-electron chi connectivity index (χ4n) is 2.32. The molecule has 3 heterocycles. The van der Waals surface area contributed by atoms with Gasteiger partial charge in [0.1, 0.15) is 5.54 Å². The molecule has 3 fully saturated rings. The molecule has 0 radical (unpaired) electrons. The van der Waals surface area contributed by atoms with Crippen molar-refractivity contribution in [1.29, 1.82) is 0 Å². The molecule has 0 atom stereocenters. The fraction of sp³-hybridized carbons (Fsp3) is 0.444. The van der Waals surface area contributed by atoms with Crippen LogP contribution in [-0.2, 0) is 19.6 Å². The largest absolute Gasteiger partial charge is 0.335 e. The van der Waals surface area contributed by atoms with E-state index < -0.39 is 21.5 Å². The van der Waals surface area contributed by atoms with E-state index in [0.717, 1.165) is 6.20 Å². The lowest BCUT2D eigenvalue weighted by Crippen LogP contribution is -2.73. The van der Waals surface area contributed by atoms with Crippen LogP contribution in [0.3, 0.4) is 0 Å². The number of H-pyrrole nitrogens is 1. The number of carbonyl (C=O) groups excluding carboxylic acids is 2. The minimum absolute atomic E-state index is 0.106. The number of sulfonamides is 1. The number of imide groups is 1. The highest BCUT2D eigenvalue weighted by molar-refractivity contribution is 7.89. The average molecular weight is 270 g/mol. The van der Waals surface area contributed by atoms with Crippen molar-refractivity contribution in [2.75, 3.05) is 0 Å². The third-order valence-corrected chi connectivity index (χ3v) is 4.79. The highest BCUT2D eigenvalue weighted by Crippen LogP contribution is 2.42. The van der Waals surface area contributed by atoms with Gasteiger partial charge in [0, 0.05) is 5.92 Å². The predicted octanol–water partition coefficient (Wildman–Crippen LogP) is -1.51. The van der Waals surface area contributed by atoms with E-state index in [-0.39, 0.29) is 29.7 Å². The van der Waals surface area contributed by atoms with Crippen molar-refractivity contribution in [3.8, 4) is 0 Å². The molecule has 3 aliphatic rings. The summed E-state index contributed by atoms with van der Waals surface area (Å²) in [5, 5.41) is 2.05. The van der Waals surface area contributed by atoms with E-state index in [0.29, 0.717) is 0 Å². The molecular weight excluding hydrogens is 260 g/mol. The lowest BCUT2D eigenvalue weighted by Gasteiger charge is -2.49. The number of aromatic amines is 1. The number of fused-ring (bicyclic) bond motifs is 2. The summed E-state index contributed by atoms with van der Waals surface area (Å²) in [5.41, 5.74) is -1.19. The third-order valence-electron chi connectivity index (χ3n) is 3.32. The Bertz CT molecular complexity index is 615. The molecule has 1 aliphatic carbocycles. The molecular formula is C9H10N4O4S. The van der Waals surface area contributed by atoms with Gasteiger partial charge < -0.3 is 4.98 Å². The van der Waals surface area contributed by atoms with Gasteiger partial charge in [-0.15, -0.1) is 0 Å². The number of imidazole rings is 1. The zero-order valence-corrected chi connectivity index (χ0v) is 9.95. The monoisotopic (exact) mass is 270 g/mol. The van der Waals surface area contributed by atoms with Crippen LogP contribution in [0.4, 0.5) is 0 Å². The molecule has 0 aromatic carbocycles. The van der Waals surface area contributed by atoms with Crippen LogP contribution in [0.2, 0.25) is 0 Å². The Kier molecular flexibility index (Phi) is 2.14. The van der Waals surface area contributed by atoms with Gasteiger partial charge >= 0.3 is 0 Å². The van der Waals surface area contributed by atoms with Gasteiger partial charge in [0.2, 0.25) is 11.8 Å². The van der Waals surface area contributed by atoms with Gasteiger partial charge in [-0.05, 0) is 12.8 Å². The third kappa shape index (κ3) is 1.47. The summed E-state index contributed by atoms with van der Waals surface area (Å²) in [4.78, 5) is 29.1. The summed E-state index contributed by atoms with van der Waals surface area (Å²) in [7, 11) is -3.83. The normalized spacial score (nSPS) is 30.8. The SMILES string of the molecule is O=C1NC(=O)C2(NS(=O)(=O)c3cnc[nH]3)CC1C2. The number of piperidine rings is 2. The Hall–Kier alpha value is -1.74. The summed E-state index contributed by atoms with van der Waals surface area (Å²) < 4.78 is 26.3. The molecule has 3 N–H and O–H groups in total. The Morgan fingerprint density at radius 1 is 1.39 bits per heavy atom. The summed E-state index contributed by atoms with van der Waals surface area (Å²) >= 11 is 0. The van der Waals surface area contributed by atoms with Crippen LogP contribution >= 0.6 is 0 Å². The molecule has 0 spiro atoms. The van der Waals surface area contributed by atoms with Gasteiger partial charge in [0.15, 0.2) is 5.03 Å². The van der Waals surface area contributed by atoms with Crippen LogP contribution in [0.5, 0.6) is 0 Å². The first-order valence-corrected chi connectivity index (χ1v) is 6.79. The van der Waals surface area contributed by atoms with Crippen molar-refractivity contribution >= 4 is 21.8 Å². The first-order chi connectivity index (χ1) is 8.43. The molecule has 2 saturated heterocycles. The highest BCUT2D eigenvalue weighted by atomic mass is 32.2. The minimum Gasteiger partial charge on any atom is -0.335 e. The molecule has 1 aromatic rings. The molecule has 2 bridgehead atoms. The standard InChI is InChI=1S/C9H10N4O4S/c14-7-5-1-9(2-5,8(15)12-7)13-18(16,17)6-3-10-4-11-6/h3-5,13H,1-2H2,(H,10,11)(H,12,14,15). The lowest BCUT2D eigenvalue weighted by atomic mass is 9.65. The summed E-state index contributed by atoms with van der Waals surface area (Å²) in [6.07, 6.45) is 2.82. The Morgan fingerprint density at radius 2 is 2.11 bits per heavy atom. The van der Waals surface area contributed by atoms with Gasteiger partial charge in [0.25, 0.3) is 10.0 Å². The molecule has 0 unspecified atom stereocenters. The second-order valence-electron chi connectivity index (χ2n) is 4.53. The van der Waals surface area contributed by atoms with Gasteiger partial charge in [-0.3, -0.25) is 14.9 Å². The number of rotatable bonds is 3. The van der Waals surface area contributed by atoms with Gasteiger partial charge in [-0.1, -0.05) is 0 Å². The maximum absolute atomic E-state index is 12.0. The highest BCUT2D eigenvalue weighted by Gasteiger charge is 2.59. The number of hydrogen-bond acceptors (Lipinski definition) is 5. The molecule has 2 aliphatic heterocycles. The molecule has 18 heavy (non-hydrogen) atoms. The van der Waals surface area contributed by atoms with E-state index in [2.05, 4.69) is 20.0 Å². The second-order valence-corrected chi connectivity index (χ2v) is 6.18. The predicted molar refractivity (Wildman–Crippen MR) is 57.5 cm³/mol. The lowest BCUT2D eigenvalue weighted by molar-refractivity contribution is -0.151. The van der Waals surface area contributed by atoms with Gasteiger partial charge in [-0.25, -0.2) is 13.4 Å². The van der Waals surface area contributed by atoms with E-state index in [1.165, 1.54) is 6.33 Å². The van der Waals surface area contributed by atoms with Crippen LogP contribution in [0.1, 0.15) is 12.8 Å². The zero-order valence-electron chi connectivity index (χ0n) is 9.13. The molecule has 1 aromatic heterocycles. The molecule has 8 nitrogen and oxygen atoms in total. The van der Waals surface area contributed by atoms with E-state index >= 15 is 0 Å². The summed E-state index contributed by atoms with van der Waals surface area (Å²) in [5.74, 6) is -1.20. The molecule has 1 saturated carbocycles. The second kappa shape index (κ2) is 3.39. The van der Waals surface area contributed by atoms with Gasteiger partial charge in [0.05, 0.1) is 12.5 Å². The van der Waals surface area contributed by atoms with Crippen molar-refractivity contribution in [3.05, 3.63) is 12.5 Å². The maximum atomic E-state index is 12.0. The first-order valence-electron chi connectivity index (χ1n) is 5.31. The smallest absolute Gasteiger partial charge is 0.258 e. The fourth-order valence-corrected chi connectivity index (χ4v) is 3.61. The number of aromatic nitrogens is 2. The first kappa shape index (κ1) is 11.4. The van der Waals surface area contributed by atoms with Crippen LogP contribution < -0.4 is 10.0 Å². The number of hydrogen-bond donors (Lipinski definition) is 3. The van der Waals surface area contributed by atoms with Crippen LogP contribution in [0.15, 0.2) is 17.6 Å². The van der Waals surface area contributed by atoms with E-state index in [4.69, 9.17) is 0 Å². The number of carbonyl (C=O) groups is 2. The van der Waals surface area contributed by atoms with E-state index in [9.17, 15) is 18.0 Å². The molecule has 2 amide bonds. The number of nitrogens with one attached hydrogen (secondary N) is 3. The van der Waals surface area contributed by atoms with Crippen LogP contribution in [0, 0.1) is 5.92 Å². The van der Waals surface area contributed by atoms with E-state index in [1.54, 1.807) is 0 Å². The molecule has 9 heteroatoms. The summed E-state index contributed by atoms with van der Waals surface area (Å²) in [6.45, 7) is 0. The van der Waals surface area contributed by atoms with Crippen molar-refractivity contribution in [3.63, 3.8) is 0 Å². The Labute approximate surface area is 102 Å². The van der Waals surface area contributed by atoms with Crippen LogP contribution in [-0.4, -0.2) is 35.7 Å². The Morgan fingerprint density at radius 3 is 2.67 bits per heavy atom. The van der Waals surface area contributed by atoms with Crippen molar-refractivity contribution in [2.45, 2.75) is 23.4 Å². The van der Waals surface area contributed by atoms with Gasteiger partial charge in [-0.2, -0.15) is 4.72 Å². The number of nitrogens with zero attached hydrogens (tertiary/aromatic N) is 1. The maximum Gasteiger partial charge on any atom is 0.258 e. The van der Waals surface area contributed by atoms with Crippen molar-refractivity contribution < 1.29 is 18.0 Å². The molecule has 96 valence electrons. The van der Waals surface area contributed by atoms with Crippen molar-refractivity contribution in [1.82, 2.24) is 20.0 Å². The zero-order chi connectivity index (χ0) is 13.0. The number of amides is 2. The average Bonchev–Trinajstić information content (AvgIpc) is 2.73. The Balaban J connectivity index is 1.87. The molecule has 4 rings (SSSR count).